The Kier molecular flexibility index (Phi) is 3.64. The van der Waals surface area contributed by atoms with Crippen LogP contribution in [0.3, 0.4) is 0 Å². The third kappa shape index (κ3) is 2.76. The number of aryl methyl sites for hydroxylation is 1. The Hall–Kier alpha value is -1.94. The zero-order chi connectivity index (χ0) is 15.0. The van der Waals surface area contributed by atoms with Crippen molar-refractivity contribution in [3.63, 3.8) is 0 Å². The van der Waals surface area contributed by atoms with Gasteiger partial charge in [0.25, 0.3) is 0 Å². The Morgan fingerprint density at radius 2 is 1.81 bits per heavy atom. The summed E-state index contributed by atoms with van der Waals surface area (Å²) in [4.78, 5) is 11.3. The topological polar surface area (TPSA) is 29.1 Å². The minimum Gasteiger partial charge on any atom is -0.326 e. The third-order valence-electron chi connectivity index (χ3n) is 3.55. The number of nitrogens with one attached hydrogen (secondary N) is 1. The number of amides is 1. The van der Waals surface area contributed by atoms with Crippen LogP contribution in [0.4, 0.5) is 14.5 Å². The maximum Gasteiger partial charge on any atom is 0.224 e. The Morgan fingerprint density at radius 3 is 2.52 bits per heavy atom. The van der Waals surface area contributed by atoms with Crippen molar-refractivity contribution in [2.75, 3.05) is 5.32 Å². The molecule has 5 heteroatoms. The van der Waals surface area contributed by atoms with Crippen molar-refractivity contribution in [3.8, 4) is 0 Å². The normalized spacial score (nSPS) is 15.3. The van der Waals surface area contributed by atoms with Gasteiger partial charge in [0.05, 0.1) is 5.38 Å². The summed E-state index contributed by atoms with van der Waals surface area (Å²) < 4.78 is 27.1. The number of anilines is 1. The lowest BCUT2D eigenvalue weighted by atomic mass is 9.96. The second-order valence-electron chi connectivity index (χ2n) is 4.99. The summed E-state index contributed by atoms with van der Waals surface area (Å²) in [5.41, 5.74) is 2.31. The number of hydrogen-bond donors (Lipinski definition) is 1. The van der Waals surface area contributed by atoms with Crippen molar-refractivity contribution < 1.29 is 13.6 Å². The monoisotopic (exact) mass is 307 g/mol. The zero-order valence-electron chi connectivity index (χ0n) is 11.0. The fourth-order valence-electron chi connectivity index (χ4n) is 2.43. The average molecular weight is 308 g/mol. The highest BCUT2D eigenvalue weighted by Gasteiger charge is 2.21. The summed E-state index contributed by atoms with van der Waals surface area (Å²) in [6.07, 6.45) is 0.934. The minimum atomic E-state index is -0.700. The number of carbonyl (C=O) groups excluding carboxylic acids is 1. The van der Waals surface area contributed by atoms with Crippen molar-refractivity contribution in [1.82, 2.24) is 0 Å². The molecule has 1 aliphatic rings. The highest BCUT2D eigenvalue weighted by atomic mass is 35.5. The first-order valence-electron chi connectivity index (χ1n) is 6.56. The summed E-state index contributed by atoms with van der Waals surface area (Å²) >= 11 is 6.31. The smallest absolute Gasteiger partial charge is 0.224 e. The molecular weight excluding hydrogens is 296 g/mol. The average Bonchev–Trinajstić information content (AvgIpc) is 2.46. The molecule has 3 rings (SSSR count). The minimum absolute atomic E-state index is 0.115. The van der Waals surface area contributed by atoms with Gasteiger partial charge in [-0.3, -0.25) is 4.79 Å². The van der Waals surface area contributed by atoms with Gasteiger partial charge in [0.1, 0.15) is 11.6 Å². The van der Waals surface area contributed by atoms with Gasteiger partial charge >= 0.3 is 0 Å². The largest absolute Gasteiger partial charge is 0.326 e. The van der Waals surface area contributed by atoms with E-state index < -0.39 is 11.2 Å². The molecule has 2 aromatic rings. The standard InChI is InChI=1S/C16H12ClF2NO/c17-16(9-1-4-11(18)5-2-9)12-7-10-3-6-15(21)20-14(10)8-13(12)19/h1-2,4-5,7-8,16H,3,6H2,(H,20,21). The molecule has 2 aromatic carbocycles. The first-order valence-corrected chi connectivity index (χ1v) is 7.00. The van der Waals surface area contributed by atoms with E-state index in [1.54, 1.807) is 6.07 Å². The number of hydrogen-bond acceptors (Lipinski definition) is 1. The molecule has 0 aromatic heterocycles. The van der Waals surface area contributed by atoms with Crippen molar-refractivity contribution in [2.24, 2.45) is 0 Å². The van der Waals surface area contributed by atoms with Gasteiger partial charge in [0.15, 0.2) is 0 Å². The van der Waals surface area contributed by atoms with Gasteiger partial charge in [-0.25, -0.2) is 8.78 Å². The molecule has 1 atom stereocenters. The van der Waals surface area contributed by atoms with Crippen molar-refractivity contribution in [2.45, 2.75) is 18.2 Å². The van der Waals surface area contributed by atoms with Gasteiger partial charge in [-0.15, -0.1) is 11.6 Å². The number of rotatable bonds is 2. The van der Waals surface area contributed by atoms with Crippen LogP contribution in [0.1, 0.15) is 28.5 Å². The van der Waals surface area contributed by atoms with Crippen LogP contribution in [0.2, 0.25) is 0 Å². The predicted molar refractivity (Wildman–Crippen MR) is 77.4 cm³/mol. The molecule has 0 fully saturated rings. The highest BCUT2D eigenvalue weighted by Crippen LogP contribution is 2.35. The van der Waals surface area contributed by atoms with Crippen molar-refractivity contribution in [1.29, 1.82) is 0 Å². The van der Waals surface area contributed by atoms with Crippen LogP contribution in [0, 0.1) is 11.6 Å². The fraction of sp³-hybridized carbons (Fsp3) is 0.188. The van der Waals surface area contributed by atoms with E-state index in [2.05, 4.69) is 5.32 Å². The number of benzene rings is 2. The van der Waals surface area contributed by atoms with E-state index in [4.69, 9.17) is 11.6 Å². The summed E-state index contributed by atoms with van der Waals surface area (Å²) in [6, 6.07) is 8.62. The van der Waals surface area contributed by atoms with Crippen molar-refractivity contribution in [3.05, 3.63) is 64.7 Å². The molecule has 0 aliphatic carbocycles. The fourth-order valence-corrected chi connectivity index (χ4v) is 2.74. The molecule has 108 valence electrons. The van der Waals surface area contributed by atoms with Gasteiger partial charge in [0, 0.05) is 17.7 Å². The van der Waals surface area contributed by atoms with Gasteiger partial charge in [0.2, 0.25) is 5.91 Å². The molecule has 0 spiro atoms. The Bertz CT molecular complexity index is 700. The van der Waals surface area contributed by atoms with Crippen LogP contribution >= 0.6 is 11.6 Å². The van der Waals surface area contributed by atoms with Gasteiger partial charge in [-0.1, -0.05) is 12.1 Å². The van der Waals surface area contributed by atoms with Crippen LogP contribution in [0.15, 0.2) is 36.4 Å². The summed E-state index contributed by atoms with van der Waals surface area (Å²) in [5.74, 6) is -0.966. The summed E-state index contributed by atoms with van der Waals surface area (Å²) in [7, 11) is 0. The number of carbonyl (C=O) groups is 1. The Labute approximate surface area is 125 Å². The molecule has 1 amide bonds. The molecule has 1 heterocycles. The van der Waals surface area contributed by atoms with Gasteiger partial charge in [-0.2, -0.15) is 0 Å². The highest BCUT2D eigenvalue weighted by molar-refractivity contribution is 6.22. The Balaban J connectivity index is 1.98. The van der Waals surface area contributed by atoms with E-state index in [0.29, 0.717) is 29.7 Å². The lowest BCUT2D eigenvalue weighted by molar-refractivity contribution is -0.116. The molecule has 21 heavy (non-hydrogen) atoms. The molecule has 1 aliphatic heterocycles. The number of alkyl halides is 1. The van der Waals surface area contributed by atoms with E-state index in [1.165, 1.54) is 30.3 Å². The molecule has 1 N–H and O–H groups in total. The lowest BCUT2D eigenvalue weighted by Gasteiger charge is -2.20. The molecule has 0 bridgehead atoms. The molecule has 0 radical (unpaired) electrons. The quantitative estimate of drug-likeness (QED) is 0.829. The molecule has 1 unspecified atom stereocenters. The number of halogens is 3. The molecular formula is C16H12ClF2NO. The molecule has 0 saturated heterocycles. The van der Waals surface area contributed by atoms with Crippen LogP contribution in [0.5, 0.6) is 0 Å². The van der Waals surface area contributed by atoms with E-state index in [-0.39, 0.29) is 11.7 Å². The summed E-state index contributed by atoms with van der Waals surface area (Å²) in [5, 5.41) is 1.94. The first kappa shape index (κ1) is 14.0. The van der Waals surface area contributed by atoms with E-state index >= 15 is 0 Å². The summed E-state index contributed by atoms with van der Waals surface area (Å²) in [6.45, 7) is 0. The zero-order valence-corrected chi connectivity index (χ0v) is 11.8. The Morgan fingerprint density at radius 1 is 1.10 bits per heavy atom. The van der Waals surface area contributed by atoms with Crippen LogP contribution in [0.25, 0.3) is 0 Å². The van der Waals surface area contributed by atoms with E-state index in [9.17, 15) is 13.6 Å². The van der Waals surface area contributed by atoms with Gasteiger partial charge < -0.3 is 5.32 Å². The van der Waals surface area contributed by atoms with Crippen LogP contribution < -0.4 is 5.32 Å². The molecule has 0 saturated carbocycles. The molecule has 2 nitrogen and oxygen atoms in total. The maximum absolute atomic E-state index is 14.2. The van der Waals surface area contributed by atoms with Gasteiger partial charge in [-0.05, 0) is 41.8 Å². The number of fused-ring (bicyclic) bond motifs is 1. The first-order chi connectivity index (χ1) is 10.0. The second kappa shape index (κ2) is 5.45. The second-order valence-corrected chi connectivity index (χ2v) is 5.43. The van der Waals surface area contributed by atoms with E-state index in [1.807, 2.05) is 0 Å². The van der Waals surface area contributed by atoms with Crippen LogP contribution in [-0.2, 0) is 11.2 Å². The SMILES string of the molecule is O=C1CCc2cc(C(Cl)c3ccc(F)cc3)c(F)cc2N1. The van der Waals surface area contributed by atoms with E-state index in [0.717, 1.165) is 5.56 Å². The van der Waals surface area contributed by atoms with Crippen LogP contribution in [-0.4, -0.2) is 5.91 Å². The van der Waals surface area contributed by atoms with Crippen molar-refractivity contribution >= 4 is 23.2 Å². The lowest BCUT2D eigenvalue weighted by Crippen LogP contribution is -2.19. The maximum atomic E-state index is 14.2. The third-order valence-corrected chi connectivity index (χ3v) is 4.04. The predicted octanol–water partition coefficient (Wildman–Crippen LogP) is 4.18.